The lowest BCUT2D eigenvalue weighted by Gasteiger charge is -2.21. The molecule has 0 amide bonds. The zero-order valence-corrected chi connectivity index (χ0v) is 11.0. The molecule has 3 heteroatoms. The molecule has 1 aromatic carbocycles. The predicted octanol–water partition coefficient (Wildman–Crippen LogP) is 3.62. The molecule has 2 nitrogen and oxygen atoms in total. The van der Waals surface area contributed by atoms with Crippen LogP contribution >= 0.6 is 0 Å². The molecule has 1 unspecified atom stereocenters. The Kier molecular flexibility index (Phi) is 4.52. The second kappa shape index (κ2) is 5.50. The molecule has 0 spiro atoms. The molecular formula is C14H22FNO. The van der Waals surface area contributed by atoms with Crippen LogP contribution in [-0.2, 0) is 0 Å². The van der Waals surface area contributed by atoms with Gasteiger partial charge in [0.25, 0.3) is 0 Å². The molecular weight excluding hydrogens is 217 g/mol. The fourth-order valence-electron chi connectivity index (χ4n) is 1.65. The van der Waals surface area contributed by atoms with E-state index in [1.807, 2.05) is 6.92 Å². The standard InChI is InChI=1S/C14H22FNO/c1-10(16-8-7-14(2,3)4)12-9-11(15)5-6-13(12)17/h5-6,9-10,16-17H,7-8H2,1-4H3. The van der Waals surface area contributed by atoms with E-state index in [1.54, 1.807) is 0 Å². The zero-order valence-electron chi connectivity index (χ0n) is 11.0. The molecule has 1 atom stereocenters. The number of hydrogen-bond acceptors (Lipinski definition) is 2. The van der Waals surface area contributed by atoms with Gasteiger partial charge in [0.1, 0.15) is 11.6 Å². The number of aromatic hydroxyl groups is 1. The number of rotatable bonds is 4. The molecule has 0 fully saturated rings. The number of benzene rings is 1. The molecule has 0 radical (unpaired) electrons. The van der Waals surface area contributed by atoms with Crippen LogP contribution in [0.25, 0.3) is 0 Å². The zero-order chi connectivity index (χ0) is 13.1. The van der Waals surface area contributed by atoms with E-state index in [1.165, 1.54) is 18.2 Å². The van der Waals surface area contributed by atoms with Gasteiger partial charge in [0.2, 0.25) is 0 Å². The highest BCUT2D eigenvalue weighted by Crippen LogP contribution is 2.25. The summed E-state index contributed by atoms with van der Waals surface area (Å²) in [7, 11) is 0. The van der Waals surface area contributed by atoms with Crippen LogP contribution in [-0.4, -0.2) is 11.7 Å². The van der Waals surface area contributed by atoms with Crippen LogP contribution in [0.2, 0.25) is 0 Å². The molecule has 0 saturated heterocycles. The Morgan fingerprint density at radius 2 is 2.00 bits per heavy atom. The summed E-state index contributed by atoms with van der Waals surface area (Å²) < 4.78 is 13.1. The number of halogens is 1. The van der Waals surface area contributed by atoms with Gasteiger partial charge in [-0.3, -0.25) is 0 Å². The molecule has 1 aromatic rings. The molecule has 0 aliphatic rings. The van der Waals surface area contributed by atoms with Crippen molar-refractivity contribution in [2.75, 3.05) is 6.54 Å². The minimum absolute atomic E-state index is 0.0481. The highest BCUT2D eigenvalue weighted by atomic mass is 19.1. The summed E-state index contributed by atoms with van der Waals surface area (Å²) in [6, 6.07) is 3.99. The molecule has 0 aliphatic carbocycles. The fourth-order valence-corrected chi connectivity index (χ4v) is 1.65. The molecule has 17 heavy (non-hydrogen) atoms. The minimum atomic E-state index is -0.317. The summed E-state index contributed by atoms with van der Waals surface area (Å²) in [5, 5.41) is 13.0. The SMILES string of the molecule is CC(NCCC(C)(C)C)c1cc(F)ccc1O. The van der Waals surface area contributed by atoms with Gasteiger partial charge in [-0.15, -0.1) is 0 Å². The van der Waals surface area contributed by atoms with Crippen molar-refractivity contribution < 1.29 is 9.50 Å². The van der Waals surface area contributed by atoms with Crippen LogP contribution in [0.1, 0.15) is 45.7 Å². The van der Waals surface area contributed by atoms with E-state index in [0.29, 0.717) is 5.56 Å². The van der Waals surface area contributed by atoms with E-state index in [2.05, 4.69) is 26.1 Å². The van der Waals surface area contributed by atoms with Gasteiger partial charge in [0.15, 0.2) is 0 Å². The van der Waals surface area contributed by atoms with Crippen molar-refractivity contribution in [2.45, 2.75) is 40.2 Å². The average molecular weight is 239 g/mol. The lowest BCUT2D eigenvalue weighted by molar-refractivity contribution is 0.355. The van der Waals surface area contributed by atoms with Crippen LogP contribution in [0.15, 0.2) is 18.2 Å². The monoisotopic (exact) mass is 239 g/mol. The molecule has 0 aliphatic heterocycles. The van der Waals surface area contributed by atoms with Gasteiger partial charge in [0.05, 0.1) is 0 Å². The summed E-state index contributed by atoms with van der Waals surface area (Å²) in [5.74, 6) is -0.176. The average Bonchev–Trinajstić information content (AvgIpc) is 2.19. The summed E-state index contributed by atoms with van der Waals surface area (Å²) in [6.07, 6.45) is 1.04. The molecule has 2 N–H and O–H groups in total. The van der Waals surface area contributed by atoms with Crippen molar-refractivity contribution in [3.05, 3.63) is 29.6 Å². The van der Waals surface area contributed by atoms with E-state index in [4.69, 9.17) is 0 Å². The molecule has 0 aromatic heterocycles. The lowest BCUT2D eigenvalue weighted by Crippen LogP contribution is -2.23. The van der Waals surface area contributed by atoms with Gasteiger partial charge in [-0.2, -0.15) is 0 Å². The topological polar surface area (TPSA) is 32.3 Å². The summed E-state index contributed by atoms with van der Waals surface area (Å²) in [6.45, 7) is 9.31. The van der Waals surface area contributed by atoms with Gasteiger partial charge < -0.3 is 10.4 Å². The van der Waals surface area contributed by atoms with Gasteiger partial charge in [-0.1, -0.05) is 20.8 Å². The number of nitrogens with one attached hydrogen (secondary N) is 1. The van der Waals surface area contributed by atoms with Gasteiger partial charge in [-0.05, 0) is 43.5 Å². The number of phenols is 1. The lowest BCUT2D eigenvalue weighted by atomic mass is 9.92. The Labute approximate surface area is 103 Å². The maximum atomic E-state index is 13.1. The first-order valence-corrected chi connectivity index (χ1v) is 6.01. The van der Waals surface area contributed by atoms with E-state index < -0.39 is 0 Å². The maximum Gasteiger partial charge on any atom is 0.123 e. The second-order valence-corrected chi connectivity index (χ2v) is 5.69. The summed E-state index contributed by atoms with van der Waals surface area (Å²) >= 11 is 0. The Morgan fingerprint density at radius 3 is 2.59 bits per heavy atom. The third kappa shape index (κ3) is 4.73. The Hall–Kier alpha value is -1.09. The minimum Gasteiger partial charge on any atom is -0.508 e. The Bertz CT molecular complexity index is 371. The summed E-state index contributed by atoms with van der Waals surface area (Å²) in [5.41, 5.74) is 0.885. The smallest absolute Gasteiger partial charge is 0.123 e. The second-order valence-electron chi connectivity index (χ2n) is 5.69. The molecule has 96 valence electrons. The first kappa shape index (κ1) is 14.0. The van der Waals surface area contributed by atoms with E-state index in [-0.39, 0.29) is 23.0 Å². The largest absolute Gasteiger partial charge is 0.508 e. The predicted molar refractivity (Wildman–Crippen MR) is 68.6 cm³/mol. The van der Waals surface area contributed by atoms with Crippen LogP contribution in [0.5, 0.6) is 5.75 Å². The third-order valence-electron chi connectivity index (χ3n) is 2.78. The van der Waals surface area contributed by atoms with Crippen LogP contribution < -0.4 is 5.32 Å². The highest BCUT2D eigenvalue weighted by molar-refractivity contribution is 5.34. The first-order valence-electron chi connectivity index (χ1n) is 6.01. The van der Waals surface area contributed by atoms with Gasteiger partial charge in [0, 0.05) is 11.6 Å². The van der Waals surface area contributed by atoms with Crippen molar-refractivity contribution in [2.24, 2.45) is 5.41 Å². The molecule has 0 heterocycles. The first-order chi connectivity index (χ1) is 7.79. The molecule has 1 rings (SSSR count). The highest BCUT2D eigenvalue weighted by Gasteiger charge is 2.13. The van der Waals surface area contributed by atoms with Crippen molar-refractivity contribution in [3.8, 4) is 5.75 Å². The van der Waals surface area contributed by atoms with Crippen molar-refractivity contribution in [1.29, 1.82) is 0 Å². The van der Waals surface area contributed by atoms with Crippen molar-refractivity contribution in [3.63, 3.8) is 0 Å². The van der Waals surface area contributed by atoms with E-state index >= 15 is 0 Å². The van der Waals surface area contributed by atoms with Gasteiger partial charge >= 0.3 is 0 Å². The molecule has 0 bridgehead atoms. The van der Waals surface area contributed by atoms with E-state index in [9.17, 15) is 9.50 Å². The van der Waals surface area contributed by atoms with Crippen LogP contribution in [0.3, 0.4) is 0 Å². The Balaban J connectivity index is 2.58. The maximum absolute atomic E-state index is 13.1. The van der Waals surface area contributed by atoms with Crippen LogP contribution in [0.4, 0.5) is 4.39 Å². The normalized spacial score (nSPS) is 13.7. The molecule has 0 saturated carbocycles. The summed E-state index contributed by atoms with van der Waals surface area (Å²) in [4.78, 5) is 0. The Morgan fingerprint density at radius 1 is 1.35 bits per heavy atom. The number of phenolic OH excluding ortho intramolecular Hbond substituents is 1. The fraction of sp³-hybridized carbons (Fsp3) is 0.571. The van der Waals surface area contributed by atoms with Crippen LogP contribution in [0, 0.1) is 11.2 Å². The van der Waals surface area contributed by atoms with Crippen molar-refractivity contribution >= 4 is 0 Å². The quantitative estimate of drug-likeness (QED) is 0.841. The third-order valence-corrected chi connectivity index (χ3v) is 2.78. The van der Waals surface area contributed by atoms with Crippen molar-refractivity contribution in [1.82, 2.24) is 5.32 Å². The van der Waals surface area contributed by atoms with Gasteiger partial charge in [-0.25, -0.2) is 4.39 Å². The number of hydrogen-bond donors (Lipinski definition) is 2. The van der Waals surface area contributed by atoms with E-state index in [0.717, 1.165) is 13.0 Å².